The molecule has 5 nitrogen and oxygen atoms in total. The monoisotopic (exact) mass is 246 g/mol. The van der Waals surface area contributed by atoms with Gasteiger partial charge in [0.25, 0.3) is 0 Å². The van der Waals surface area contributed by atoms with Gasteiger partial charge in [-0.3, -0.25) is 0 Å². The Kier molecular flexibility index (Phi) is 6.23. The molecule has 1 saturated heterocycles. The van der Waals surface area contributed by atoms with Gasteiger partial charge in [-0.1, -0.05) is 0 Å². The summed E-state index contributed by atoms with van der Waals surface area (Å²) in [6, 6.07) is 0. The fraction of sp³-hybridized carbons (Fsp3) is 1.00. The van der Waals surface area contributed by atoms with Gasteiger partial charge in [-0.05, 0) is 12.8 Å². The van der Waals surface area contributed by atoms with Crippen molar-refractivity contribution in [1.29, 1.82) is 0 Å². The molecule has 2 fully saturated rings. The molecule has 1 unspecified atom stereocenters. The van der Waals surface area contributed by atoms with Crippen molar-refractivity contribution in [3.63, 3.8) is 0 Å². The van der Waals surface area contributed by atoms with E-state index < -0.39 is 0 Å². The predicted molar refractivity (Wildman–Crippen MR) is 61.2 cm³/mol. The topological polar surface area (TPSA) is 49.5 Å². The molecule has 2 rings (SSSR count). The van der Waals surface area contributed by atoms with Crippen LogP contribution in [0, 0.1) is 0 Å². The molecule has 0 spiro atoms. The molecule has 0 amide bonds. The van der Waals surface area contributed by atoms with Crippen molar-refractivity contribution >= 4 is 0 Å². The van der Waals surface area contributed by atoms with Gasteiger partial charge in [0.15, 0.2) is 0 Å². The molecule has 1 aliphatic heterocycles. The van der Waals surface area contributed by atoms with Crippen LogP contribution in [0.25, 0.3) is 0 Å². The maximum atomic E-state index is 5.44. The molecule has 1 atom stereocenters. The summed E-state index contributed by atoms with van der Waals surface area (Å²) in [7, 11) is 0. The first kappa shape index (κ1) is 13.2. The smallest absolute Gasteiger partial charge is 0.104 e. The maximum Gasteiger partial charge on any atom is 0.104 e. The van der Waals surface area contributed by atoms with Crippen molar-refractivity contribution in [2.75, 3.05) is 52.9 Å². The Morgan fingerprint density at radius 2 is 1.41 bits per heavy atom. The maximum absolute atomic E-state index is 5.44. The SMILES string of the molecule is C(COCCOC1CC1)OCCOCC1CO1. The number of hydrogen-bond donors (Lipinski definition) is 0. The van der Waals surface area contributed by atoms with Crippen molar-refractivity contribution in [2.24, 2.45) is 0 Å². The highest BCUT2D eigenvalue weighted by molar-refractivity contribution is 4.72. The Bertz CT molecular complexity index is 171. The molecule has 1 heterocycles. The fourth-order valence-electron chi connectivity index (χ4n) is 1.33. The average molecular weight is 246 g/mol. The first-order valence-corrected chi connectivity index (χ1v) is 6.41. The second kappa shape index (κ2) is 8.00. The molecule has 1 saturated carbocycles. The van der Waals surface area contributed by atoms with Gasteiger partial charge in [0, 0.05) is 0 Å². The molecule has 1 aliphatic carbocycles. The largest absolute Gasteiger partial charge is 0.377 e. The summed E-state index contributed by atoms with van der Waals surface area (Å²) in [4.78, 5) is 0. The van der Waals surface area contributed by atoms with Gasteiger partial charge in [0.2, 0.25) is 0 Å². The summed E-state index contributed by atoms with van der Waals surface area (Å²) in [5.74, 6) is 0. The minimum atomic E-state index is 0.338. The van der Waals surface area contributed by atoms with Gasteiger partial charge in [-0.15, -0.1) is 0 Å². The summed E-state index contributed by atoms with van der Waals surface area (Å²) in [5.41, 5.74) is 0. The number of hydrogen-bond acceptors (Lipinski definition) is 5. The first-order valence-electron chi connectivity index (χ1n) is 6.41. The lowest BCUT2D eigenvalue weighted by molar-refractivity contribution is -0.00545. The molecule has 0 N–H and O–H groups in total. The molecular weight excluding hydrogens is 224 g/mol. The highest BCUT2D eigenvalue weighted by atomic mass is 16.6. The van der Waals surface area contributed by atoms with Crippen LogP contribution in [0.2, 0.25) is 0 Å². The van der Waals surface area contributed by atoms with Gasteiger partial charge < -0.3 is 23.7 Å². The Hall–Kier alpha value is -0.200. The van der Waals surface area contributed by atoms with Crippen LogP contribution in [0.1, 0.15) is 12.8 Å². The van der Waals surface area contributed by atoms with Crippen LogP contribution in [-0.4, -0.2) is 65.1 Å². The van der Waals surface area contributed by atoms with E-state index in [4.69, 9.17) is 23.7 Å². The highest BCUT2D eigenvalue weighted by Crippen LogP contribution is 2.22. The number of rotatable bonds is 12. The van der Waals surface area contributed by atoms with Crippen LogP contribution < -0.4 is 0 Å². The lowest BCUT2D eigenvalue weighted by Gasteiger charge is -2.06. The Labute approximate surface area is 102 Å². The summed E-state index contributed by atoms with van der Waals surface area (Å²) in [5, 5.41) is 0. The van der Waals surface area contributed by atoms with Crippen LogP contribution in [0.15, 0.2) is 0 Å². The third-order valence-electron chi connectivity index (χ3n) is 2.56. The summed E-state index contributed by atoms with van der Waals surface area (Å²) < 4.78 is 26.5. The van der Waals surface area contributed by atoms with E-state index in [1.807, 2.05) is 0 Å². The van der Waals surface area contributed by atoms with Crippen LogP contribution in [0.5, 0.6) is 0 Å². The molecule has 100 valence electrons. The Balaban J connectivity index is 1.20. The second-order valence-corrected chi connectivity index (χ2v) is 4.33. The van der Waals surface area contributed by atoms with E-state index in [0.717, 1.165) is 6.61 Å². The molecule has 17 heavy (non-hydrogen) atoms. The third kappa shape index (κ3) is 7.68. The van der Waals surface area contributed by atoms with Crippen LogP contribution in [0.4, 0.5) is 0 Å². The first-order chi connectivity index (χ1) is 8.45. The van der Waals surface area contributed by atoms with Crippen molar-refractivity contribution in [3.8, 4) is 0 Å². The second-order valence-electron chi connectivity index (χ2n) is 4.33. The zero-order chi connectivity index (χ0) is 11.8. The lowest BCUT2D eigenvalue weighted by Crippen LogP contribution is -2.13. The van der Waals surface area contributed by atoms with Gasteiger partial charge >= 0.3 is 0 Å². The average Bonchev–Trinajstić information content (AvgIpc) is 3.19. The van der Waals surface area contributed by atoms with Gasteiger partial charge in [-0.25, -0.2) is 0 Å². The van der Waals surface area contributed by atoms with E-state index in [1.165, 1.54) is 12.8 Å². The molecule has 0 aromatic rings. The minimum Gasteiger partial charge on any atom is -0.377 e. The molecule has 0 aromatic heterocycles. The zero-order valence-electron chi connectivity index (χ0n) is 10.3. The summed E-state index contributed by atoms with van der Waals surface area (Å²) in [6.07, 6.45) is 3.29. The fourth-order valence-corrected chi connectivity index (χ4v) is 1.33. The van der Waals surface area contributed by atoms with E-state index in [9.17, 15) is 0 Å². The Morgan fingerprint density at radius 3 is 2.00 bits per heavy atom. The molecule has 5 heteroatoms. The molecule has 2 aliphatic rings. The van der Waals surface area contributed by atoms with Crippen LogP contribution >= 0.6 is 0 Å². The van der Waals surface area contributed by atoms with E-state index in [2.05, 4.69) is 0 Å². The highest BCUT2D eigenvalue weighted by Gasteiger charge is 2.22. The standard InChI is InChI=1S/C12H22O5/c1-2-11(1)16-8-7-14-4-3-13-5-6-15-9-12-10-17-12/h11-12H,1-10H2. The molecular formula is C12H22O5. The van der Waals surface area contributed by atoms with Gasteiger partial charge in [-0.2, -0.15) is 0 Å². The predicted octanol–water partition coefficient (Wildman–Crippen LogP) is 0.614. The van der Waals surface area contributed by atoms with Gasteiger partial charge in [0.05, 0.1) is 59.0 Å². The number of ether oxygens (including phenoxy) is 5. The van der Waals surface area contributed by atoms with Crippen LogP contribution in [-0.2, 0) is 23.7 Å². The number of epoxide rings is 1. The van der Waals surface area contributed by atoms with Crippen molar-refractivity contribution < 1.29 is 23.7 Å². The van der Waals surface area contributed by atoms with Gasteiger partial charge in [0.1, 0.15) is 6.10 Å². The Morgan fingerprint density at radius 1 is 0.824 bits per heavy atom. The zero-order valence-corrected chi connectivity index (χ0v) is 10.3. The summed E-state index contributed by atoms with van der Waals surface area (Å²) >= 11 is 0. The minimum absolute atomic E-state index is 0.338. The van der Waals surface area contributed by atoms with E-state index in [0.29, 0.717) is 58.5 Å². The summed E-state index contributed by atoms with van der Waals surface area (Å²) in [6.45, 7) is 5.40. The molecule has 0 aromatic carbocycles. The lowest BCUT2D eigenvalue weighted by atomic mass is 10.5. The van der Waals surface area contributed by atoms with Crippen molar-refractivity contribution in [2.45, 2.75) is 25.0 Å². The van der Waals surface area contributed by atoms with Crippen molar-refractivity contribution in [1.82, 2.24) is 0 Å². The van der Waals surface area contributed by atoms with Crippen molar-refractivity contribution in [3.05, 3.63) is 0 Å². The normalized spacial score (nSPS) is 22.9. The molecule has 0 bridgehead atoms. The quantitative estimate of drug-likeness (QED) is 0.373. The third-order valence-corrected chi connectivity index (χ3v) is 2.56. The van der Waals surface area contributed by atoms with E-state index in [-0.39, 0.29) is 0 Å². The van der Waals surface area contributed by atoms with E-state index >= 15 is 0 Å². The van der Waals surface area contributed by atoms with E-state index in [1.54, 1.807) is 0 Å². The molecule has 0 radical (unpaired) electrons. The van der Waals surface area contributed by atoms with Crippen LogP contribution in [0.3, 0.4) is 0 Å².